The Morgan fingerprint density at radius 2 is 1.95 bits per heavy atom. The van der Waals surface area contributed by atoms with Gasteiger partial charge in [-0.05, 0) is 32.9 Å². The van der Waals surface area contributed by atoms with Gasteiger partial charge in [-0.3, -0.25) is 9.59 Å². The maximum absolute atomic E-state index is 11.8. The Morgan fingerprint density at radius 1 is 1.29 bits per heavy atom. The van der Waals surface area contributed by atoms with Gasteiger partial charge in [0.15, 0.2) is 0 Å². The molecule has 0 aliphatic rings. The summed E-state index contributed by atoms with van der Waals surface area (Å²) in [5, 5.41) is 11.6. The zero-order chi connectivity index (χ0) is 15.9. The molecule has 21 heavy (non-hydrogen) atoms. The van der Waals surface area contributed by atoms with Gasteiger partial charge in [0.1, 0.15) is 11.7 Å². The summed E-state index contributed by atoms with van der Waals surface area (Å²) in [4.78, 5) is 23.2. The number of anilines is 1. The van der Waals surface area contributed by atoms with Crippen LogP contribution in [0.3, 0.4) is 0 Å². The van der Waals surface area contributed by atoms with Crippen molar-refractivity contribution in [3.63, 3.8) is 0 Å². The van der Waals surface area contributed by atoms with E-state index in [0.29, 0.717) is 11.3 Å². The molecule has 0 radical (unpaired) electrons. The Labute approximate surface area is 128 Å². The van der Waals surface area contributed by atoms with Crippen LogP contribution in [0.25, 0.3) is 0 Å². The van der Waals surface area contributed by atoms with E-state index in [4.69, 9.17) is 10.00 Å². The largest absolute Gasteiger partial charge is 0.459 e. The Morgan fingerprint density at radius 3 is 2.57 bits per heavy atom. The van der Waals surface area contributed by atoms with Crippen molar-refractivity contribution in [3.05, 3.63) is 29.8 Å². The van der Waals surface area contributed by atoms with Gasteiger partial charge in [0, 0.05) is 0 Å². The lowest BCUT2D eigenvalue weighted by Gasteiger charge is -2.19. The molecule has 0 fully saturated rings. The van der Waals surface area contributed by atoms with Gasteiger partial charge in [-0.25, -0.2) is 0 Å². The molecule has 0 saturated heterocycles. The number of nitrogens with zero attached hydrogens (tertiary/aromatic N) is 1. The fourth-order valence-corrected chi connectivity index (χ4v) is 2.06. The molecule has 0 aliphatic heterocycles. The number of amides is 1. The van der Waals surface area contributed by atoms with Crippen LogP contribution in [0.15, 0.2) is 24.3 Å². The Kier molecular flexibility index (Phi) is 6.25. The highest BCUT2D eigenvalue weighted by molar-refractivity contribution is 8.00. The van der Waals surface area contributed by atoms with E-state index >= 15 is 0 Å². The summed E-state index contributed by atoms with van der Waals surface area (Å²) in [6, 6.07) is 8.76. The van der Waals surface area contributed by atoms with Gasteiger partial charge in [-0.15, -0.1) is 11.8 Å². The molecule has 1 aromatic carbocycles. The van der Waals surface area contributed by atoms with Crippen molar-refractivity contribution in [1.29, 1.82) is 5.26 Å². The molecule has 1 N–H and O–H groups in total. The van der Waals surface area contributed by atoms with Crippen LogP contribution in [-0.4, -0.2) is 29.0 Å². The van der Waals surface area contributed by atoms with E-state index in [1.807, 2.05) is 6.07 Å². The third kappa shape index (κ3) is 6.82. The van der Waals surface area contributed by atoms with Crippen molar-refractivity contribution in [2.75, 3.05) is 16.8 Å². The van der Waals surface area contributed by atoms with Crippen LogP contribution >= 0.6 is 11.8 Å². The lowest BCUT2D eigenvalue weighted by atomic mass is 10.2. The predicted molar refractivity (Wildman–Crippen MR) is 83.0 cm³/mol. The number of ether oxygens (including phenoxy) is 1. The SMILES string of the molecule is CC(C)(C)OC(=O)CSCC(=O)Nc1ccccc1C#N. The van der Waals surface area contributed by atoms with Gasteiger partial charge >= 0.3 is 5.97 Å². The second kappa shape index (κ2) is 7.70. The predicted octanol–water partition coefficient (Wildman–Crippen LogP) is 2.57. The second-order valence-corrected chi connectivity index (χ2v) is 6.27. The minimum absolute atomic E-state index is 0.116. The van der Waals surface area contributed by atoms with E-state index in [0.717, 1.165) is 0 Å². The summed E-state index contributed by atoms with van der Waals surface area (Å²) in [6.07, 6.45) is 0. The van der Waals surface area contributed by atoms with E-state index in [2.05, 4.69) is 5.32 Å². The monoisotopic (exact) mass is 306 g/mol. The van der Waals surface area contributed by atoms with Crippen LogP contribution < -0.4 is 5.32 Å². The topological polar surface area (TPSA) is 79.2 Å². The third-order valence-electron chi connectivity index (χ3n) is 2.19. The first-order valence-corrected chi connectivity index (χ1v) is 7.56. The molecule has 0 unspecified atom stereocenters. The standard InChI is InChI=1S/C15H18N2O3S/c1-15(2,3)20-14(19)10-21-9-13(18)17-12-7-5-4-6-11(12)8-16/h4-7H,9-10H2,1-3H3,(H,17,18). The molecule has 0 bridgehead atoms. The number of rotatable bonds is 5. The number of nitrogens with one attached hydrogen (secondary N) is 1. The molecule has 112 valence electrons. The van der Waals surface area contributed by atoms with Crippen molar-refractivity contribution < 1.29 is 14.3 Å². The van der Waals surface area contributed by atoms with Gasteiger partial charge in [-0.2, -0.15) is 5.26 Å². The normalized spacial score (nSPS) is 10.6. The van der Waals surface area contributed by atoms with Crippen molar-refractivity contribution in [3.8, 4) is 6.07 Å². The smallest absolute Gasteiger partial charge is 0.316 e. The van der Waals surface area contributed by atoms with Gasteiger partial charge in [-0.1, -0.05) is 12.1 Å². The van der Waals surface area contributed by atoms with Gasteiger partial charge in [0.2, 0.25) is 5.91 Å². The minimum atomic E-state index is -0.522. The van der Waals surface area contributed by atoms with E-state index in [1.54, 1.807) is 45.0 Å². The molecule has 1 amide bonds. The van der Waals surface area contributed by atoms with E-state index in [1.165, 1.54) is 11.8 Å². The average Bonchev–Trinajstić information content (AvgIpc) is 2.37. The highest BCUT2D eigenvalue weighted by atomic mass is 32.2. The summed E-state index contributed by atoms with van der Waals surface area (Å²) in [5.41, 5.74) is 0.358. The van der Waals surface area contributed by atoms with Crippen LogP contribution in [0.5, 0.6) is 0 Å². The van der Waals surface area contributed by atoms with Crippen molar-refractivity contribution in [1.82, 2.24) is 0 Å². The first-order valence-electron chi connectivity index (χ1n) is 6.40. The molecule has 5 nitrogen and oxygen atoms in total. The minimum Gasteiger partial charge on any atom is -0.459 e. The number of para-hydroxylation sites is 1. The Bertz CT molecular complexity index is 559. The molecular formula is C15H18N2O3S. The van der Waals surface area contributed by atoms with Crippen LogP contribution in [0.4, 0.5) is 5.69 Å². The van der Waals surface area contributed by atoms with E-state index < -0.39 is 5.60 Å². The molecule has 0 aliphatic carbocycles. The quantitative estimate of drug-likeness (QED) is 0.846. The molecule has 0 heterocycles. The summed E-state index contributed by atoms with van der Waals surface area (Å²) < 4.78 is 5.14. The van der Waals surface area contributed by atoms with Crippen molar-refractivity contribution in [2.24, 2.45) is 0 Å². The molecular weight excluding hydrogens is 288 g/mol. The Balaban J connectivity index is 2.39. The first kappa shape index (κ1) is 17.1. The summed E-state index contributed by atoms with van der Waals surface area (Å²) >= 11 is 1.17. The summed E-state index contributed by atoms with van der Waals surface area (Å²) in [5.74, 6) is -0.368. The molecule has 1 rings (SSSR count). The van der Waals surface area contributed by atoms with Gasteiger partial charge in [0.05, 0.1) is 22.8 Å². The lowest BCUT2D eigenvalue weighted by Crippen LogP contribution is -2.25. The van der Waals surface area contributed by atoms with Crippen molar-refractivity contribution in [2.45, 2.75) is 26.4 Å². The molecule has 6 heteroatoms. The maximum atomic E-state index is 11.8. The maximum Gasteiger partial charge on any atom is 0.316 e. The number of esters is 1. The molecule has 0 saturated carbocycles. The summed E-state index contributed by atoms with van der Waals surface area (Å²) in [6.45, 7) is 5.38. The number of nitriles is 1. The number of carbonyl (C=O) groups is 2. The van der Waals surface area contributed by atoms with E-state index in [-0.39, 0.29) is 23.4 Å². The highest BCUT2D eigenvalue weighted by Crippen LogP contribution is 2.14. The molecule has 1 aromatic rings. The van der Waals surface area contributed by atoms with Gasteiger partial charge < -0.3 is 10.1 Å². The second-order valence-electron chi connectivity index (χ2n) is 5.28. The molecule has 0 atom stereocenters. The molecule has 0 spiro atoms. The van der Waals surface area contributed by atoms with E-state index in [9.17, 15) is 9.59 Å². The van der Waals surface area contributed by atoms with Crippen LogP contribution in [-0.2, 0) is 14.3 Å². The zero-order valence-electron chi connectivity index (χ0n) is 12.3. The van der Waals surface area contributed by atoms with Crippen molar-refractivity contribution >= 4 is 29.3 Å². The lowest BCUT2D eigenvalue weighted by molar-refractivity contribution is -0.151. The molecule has 0 aromatic heterocycles. The van der Waals surface area contributed by atoms with Gasteiger partial charge in [0.25, 0.3) is 0 Å². The van der Waals surface area contributed by atoms with Crippen LogP contribution in [0.1, 0.15) is 26.3 Å². The summed E-state index contributed by atoms with van der Waals surface area (Å²) in [7, 11) is 0. The zero-order valence-corrected chi connectivity index (χ0v) is 13.1. The number of benzene rings is 1. The fourth-order valence-electron chi connectivity index (χ4n) is 1.47. The Hall–Kier alpha value is -2.00. The number of hydrogen-bond donors (Lipinski definition) is 1. The highest BCUT2D eigenvalue weighted by Gasteiger charge is 2.16. The third-order valence-corrected chi connectivity index (χ3v) is 3.10. The fraction of sp³-hybridized carbons (Fsp3) is 0.400. The first-order chi connectivity index (χ1) is 9.81. The number of carbonyl (C=O) groups excluding carboxylic acids is 2. The van der Waals surface area contributed by atoms with Crippen LogP contribution in [0.2, 0.25) is 0 Å². The number of thioether (sulfide) groups is 1. The number of hydrogen-bond acceptors (Lipinski definition) is 5. The van der Waals surface area contributed by atoms with Crippen LogP contribution in [0, 0.1) is 11.3 Å². The average molecular weight is 306 g/mol.